The molecule has 0 aliphatic rings. The topological polar surface area (TPSA) is 76.5 Å². The summed E-state index contributed by atoms with van der Waals surface area (Å²) in [5, 5.41) is 9.91. The highest BCUT2D eigenvalue weighted by molar-refractivity contribution is 6.35. The summed E-state index contributed by atoms with van der Waals surface area (Å²) in [4.78, 5) is 11.7. The SMILES string of the molecule is NC(CO)Cc1c(Cl)c2ccccc2oc1=O. The van der Waals surface area contributed by atoms with Crippen molar-refractivity contribution in [1.29, 1.82) is 0 Å². The predicted molar refractivity (Wildman–Crippen MR) is 66.3 cm³/mol. The maximum Gasteiger partial charge on any atom is 0.341 e. The average Bonchev–Trinajstić information content (AvgIpc) is 2.34. The van der Waals surface area contributed by atoms with E-state index in [2.05, 4.69) is 0 Å². The van der Waals surface area contributed by atoms with E-state index in [1.807, 2.05) is 6.07 Å². The van der Waals surface area contributed by atoms with Gasteiger partial charge < -0.3 is 15.3 Å². The molecule has 1 heterocycles. The number of aliphatic hydroxyl groups is 1. The lowest BCUT2D eigenvalue weighted by Gasteiger charge is -2.09. The lowest BCUT2D eigenvalue weighted by atomic mass is 10.1. The van der Waals surface area contributed by atoms with Crippen LogP contribution in [0.3, 0.4) is 0 Å². The van der Waals surface area contributed by atoms with Gasteiger partial charge >= 0.3 is 5.63 Å². The van der Waals surface area contributed by atoms with Crippen molar-refractivity contribution in [1.82, 2.24) is 0 Å². The molecule has 0 aliphatic carbocycles. The third-order valence-corrected chi connectivity index (χ3v) is 2.97. The second-order valence-electron chi connectivity index (χ2n) is 3.82. The first-order valence-electron chi connectivity index (χ1n) is 5.20. The van der Waals surface area contributed by atoms with E-state index >= 15 is 0 Å². The molecule has 0 fully saturated rings. The molecule has 0 saturated carbocycles. The van der Waals surface area contributed by atoms with Crippen molar-refractivity contribution >= 4 is 22.6 Å². The zero-order valence-corrected chi connectivity index (χ0v) is 9.78. The molecule has 1 aromatic heterocycles. The van der Waals surface area contributed by atoms with Crippen molar-refractivity contribution in [3.8, 4) is 0 Å². The van der Waals surface area contributed by atoms with Gasteiger partial charge in [-0.15, -0.1) is 0 Å². The van der Waals surface area contributed by atoms with E-state index in [0.29, 0.717) is 21.6 Å². The highest BCUT2D eigenvalue weighted by Gasteiger charge is 2.15. The summed E-state index contributed by atoms with van der Waals surface area (Å²) in [7, 11) is 0. The van der Waals surface area contributed by atoms with Gasteiger partial charge in [0.2, 0.25) is 0 Å². The number of nitrogens with two attached hydrogens (primary N) is 1. The second kappa shape index (κ2) is 4.87. The summed E-state index contributed by atoms with van der Waals surface area (Å²) in [6.45, 7) is -0.206. The molecule has 0 spiro atoms. The van der Waals surface area contributed by atoms with Crippen molar-refractivity contribution in [2.75, 3.05) is 6.61 Å². The van der Waals surface area contributed by atoms with Crippen LogP contribution >= 0.6 is 11.6 Å². The predicted octanol–water partition coefficient (Wildman–Crippen LogP) is 1.31. The quantitative estimate of drug-likeness (QED) is 0.809. The molecule has 1 atom stereocenters. The molecule has 4 nitrogen and oxygen atoms in total. The van der Waals surface area contributed by atoms with E-state index in [1.54, 1.807) is 18.2 Å². The summed E-state index contributed by atoms with van der Waals surface area (Å²) in [6.07, 6.45) is 0.197. The minimum Gasteiger partial charge on any atom is -0.422 e. The third kappa shape index (κ3) is 2.34. The first-order valence-corrected chi connectivity index (χ1v) is 5.58. The molecular formula is C12H12ClNO3. The van der Waals surface area contributed by atoms with Gasteiger partial charge in [-0.25, -0.2) is 4.79 Å². The van der Waals surface area contributed by atoms with Crippen molar-refractivity contribution in [3.05, 3.63) is 45.3 Å². The monoisotopic (exact) mass is 253 g/mol. The van der Waals surface area contributed by atoms with Gasteiger partial charge in [0, 0.05) is 11.4 Å². The second-order valence-corrected chi connectivity index (χ2v) is 4.20. The lowest BCUT2D eigenvalue weighted by molar-refractivity contribution is 0.264. The molecule has 0 radical (unpaired) electrons. The Morgan fingerprint density at radius 1 is 1.41 bits per heavy atom. The first-order chi connectivity index (χ1) is 8.13. The first kappa shape index (κ1) is 12.1. The van der Waals surface area contributed by atoms with Crippen LogP contribution in [-0.4, -0.2) is 17.8 Å². The van der Waals surface area contributed by atoms with Crippen LogP contribution in [0.1, 0.15) is 5.56 Å². The Hall–Kier alpha value is -1.36. The smallest absolute Gasteiger partial charge is 0.341 e. The van der Waals surface area contributed by atoms with Crippen LogP contribution < -0.4 is 11.4 Å². The Bertz CT molecular complexity index is 594. The van der Waals surface area contributed by atoms with Crippen molar-refractivity contribution < 1.29 is 9.52 Å². The summed E-state index contributed by atoms with van der Waals surface area (Å²) in [6, 6.07) is 6.51. The van der Waals surface area contributed by atoms with E-state index in [-0.39, 0.29) is 13.0 Å². The number of benzene rings is 1. The Morgan fingerprint density at radius 3 is 2.82 bits per heavy atom. The Morgan fingerprint density at radius 2 is 2.12 bits per heavy atom. The highest BCUT2D eigenvalue weighted by Crippen LogP contribution is 2.25. The lowest BCUT2D eigenvalue weighted by Crippen LogP contribution is -2.29. The number of aliphatic hydroxyl groups excluding tert-OH is 1. The molecule has 0 saturated heterocycles. The fourth-order valence-electron chi connectivity index (χ4n) is 1.65. The standard InChI is InChI=1S/C12H12ClNO3/c13-11-8-3-1-2-4-10(8)17-12(16)9(11)5-7(14)6-15/h1-4,7,15H,5-6,14H2. The zero-order valence-electron chi connectivity index (χ0n) is 9.02. The average molecular weight is 254 g/mol. The van der Waals surface area contributed by atoms with E-state index in [4.69, 9.17) is 26.9 Å². The van der Waals surface area contributed by atoms with Crippen LogP contribution in [-0.2, 0) is 6.42 Å². The van der Waals surface area contributed by atoms with Crippen molar-refractivity contribution in [2.24, 2.45) is 5.73 Å². The van der Waals surface area contributed by atoms with E-state index < -0.39 is 11.7 Å². The molecule has 2 rings (SSSR count). The van der Waals surface area contributed by atoms with E-state index in [1.165, 1.54) is 0 Å². The van der Waals surface area contributed by atoms with Gasteiger partial charge in [0.15, 0.2) is 0 Å². The number of halogens is 1. The maximum atomic E-state index is 11.7. The molecule has 90 valence electrons. The Kier molecular flexibility index (Phi) is 3.47. The van der Waals surface area contributed by atoms with Crippen LogP contribution in [0.4, 0.5) is 0 Å². The number of para-hydroxylation sites is 1. The van der Waals surface area contributed by atoms with Crippen LogP contribution in [0.5, 0.6) is 0 Å². The molecule has 17 heavy (non-hydrogen) atoms. The van der Waals surface area contributed by atoms with E-state index in [9.17, 15) is 4.79 Å². The van der Waals surface area contributed by atoms with Gasteiger partial charge in [0.25, 0.3) is 0 Å². The minimum atomic E-state index is -0.517. The molecular weight excluding hydrogens is 242 g/mol. The van der Waals surface area contributed by atoms with Gasteiger partial charge in [-0.1, -0.05) is 23.7 Å². The molecule has 3 N–H and O–H groups in total. The Balaban J connectivity index is 2.60. The van der Waals surface area contributed by atoms with Gasteiger partial charge in [-0.3, -0.25) is 0 Å². The molecule has 2 aromatic rings. The summed E-state index contributed by atoms with van der Waals surface area (Å²) >= 11 is 6.15. The van der Waals surface area contributed by atoms with Gasteiger partial charge in [0.1, 0.15) is 5.58 Å². The van der Waals surface area contributed by atoms with Crippen molar-refractivity contribution in [2.45, 2.75) is 12.5 Å². The molecule has 0 bridgehead atoms. The zero-order chi connectivity index (χ0) is 12.4. The van der Waals surface area contributed by atoms with Crippen LogP contribution in [0.15, 0.2) is 33.5 Å². The molecule has 1 aromatic carbocycles. The largest absolute Gasteiger partial charge is 0.422 e. The van der Waals surface area contributed by atoms with Crippen molar-refractivity contribution in [3.63, 3.8) is 0 Å². The fraction of sp³-hybridized carbons (Fsp3) is 0.250. The molecule has 0 amide bonds. The van der Waals surface area contributed by atoms with Crippen LogP contribution in [0, 0.1) is 0 Å². The summed E-state index contributed by atoms with van der Waals surface area (Å²) in [5.41, 5.74) is 5.86. The number of hydrogen-bond donors (Lipinski definition) is 2. The van der Waals surface area contributed by atoms with Gasteiger partial charge in [-0.2, -0.15) is 0 Å². The fourth-order valence-corrected chi connectivity index (χ4v) is 1.96. The number of rotatable bonds is 3. The minimum absolute atomic E-state index is 0.197. The number of hydrogen-bond acceptors (Lipinski definition) is 4. The molecule has 0 aliphatic heterocycles. The van der Waals surface area contributed by atoms with E-state index in [0.717, 1.165) is 0 Å². The van der Waals surface area contributed by atoms with Gasteiger partial charge in [-0.05, 0) is 18.6 Å². The molecule has 5 heteroatoms. The molecule has 1 unspecified atom stereocenters. The highest BCUT2D eigenvalue weighted by atomic mass is 35.5. The normalized spacial score (nSPS) is 12.9. The summed E-state index contributed by atoms with van der Waals surface area (Å²) in [5.74, 6) is 0. The third-order valence-electron chi connectivity index (χ3n) is 2.54. The number of fused-ring (bicyclic) bond motifs is 1. The van der Waals surface area contributed by atoms with Gasteiger partial charge in [0.05, 0.1) is 17.2 Å². The van der Waals surface area contributed by atoms with Crippen LogP contribution in [0.25, 0.3) is 11.0 Å². The maximum absolute atomic E-state index is 11.7. The summed E-state index contributed by atoms with van der Waals surface area (Å²) < 4.78 is 5.14. The van der Waals surface area contributed by atoms with Crippen LogP contribution in [0.2, 0.25) is 5.02 Å². The Labute approximate surface area is 103 Å².